The molecule has 0 aromatic heterocycles. The molecule has 0 unspecified atom stereocenters. The lowest BCUT2D eigenvalue weighted by molar-refractivity contribution is -0.128. The van der Waals surface area contributed by atoms with Gasteiger partial charge in [-0.05, 0) is 24.6 Å². The predicted octanol–water partition coefficient (Wildman–Crippen LogP) is 3.12. The number of hydrogen-bond acceptors (Lipinski definition) is 2. The number of nitrogens with one attached hydrogen (secondary N) is 1. The molecule has 20 heavy (non-hydrogen) atoms. The van der Waals surface area contributed by atoms with Crippen LogP contribution in [0.5, 0.6) is 0 Å². The standard InChI is InChI=1S/C15H19BrN2O2/c1-4-8-18(12(3)19)9-7-15(20)17-13-6-5-11(2)14(16)10-13/h4-6,10H,1,7-9H2,2-3H3,(H,17,20). The van der Waals surface area contributed by atoms with Gasteiger partial charge in [0.2, 0.25) is 11.8 Å². The fourth-order valence-electron chi connectivity index (χ4n) is 1.66. The maximum absolute atomic E-state index is 11.8. The topological polar surface area (TPSA) is 49.4 Å². The van der Waals surface area contributed by atoms with Gasteiger partial charge in [-0.1, -0.05) is 28.1 Å². The average Bonchev–Trinajstić information content (AvgIpc) is 2.38. The third-order valence-electron chi connectivity index (χ3n) is 2.86. The van der Waals surface area contributed by atoms with E-state index in [1.807, 2.05) is 25.1 Å². The highest BCUT2D eigenvalue weighted by atomic mass is 79.9. The van der Waals surface area contributed by atoms with Crippen LogP contribution in [0, 0.1) is 6.92 Å². The van der Waals surface area contributed by atoms with Crippen molar-refractivity contribution in [3.63, 3.8) is 0 Å². The molecule has 1 aromatic rings. The Morgan fingerprint density at radius 2 is 2.15 bits per heavy atom. The number of anilines is 1. The molecule has 0 saturated carbocycles. The first kappa shape index (κ1) is 16.4. The molecule has 0 spiro atoms. The van der Waals surface area contributed by atoms with E-state index in [9.17, 15) is 9.59 Å². The summed E-state index contributed by atoms with van der Waals surface area (Å²) in [6.07, 6.45) is 1.91. The average molecular weight is 339 g/mol. The number of aryl methyl sites for hydroxylation is 1. The molecule has 0 aliphatic heterocycles. The van der Waals surface area contributed by atoms with Crippen LogP contribution >= 0.6 is 15.9 Å². The van der Waals surface area contributed by atoms with Gasteiger partial charge >= 0.3 is 0 Å². The number of carbonyl (C=O) groups excluding carboxylic acids is 2. The van der Waals surface area contributed by atoms with Crippen LogP contribution in [-0.2, 0) is 9.59 Å². The van der Waals surface area contributed by atoms with Crippen molar-refractivity contribution in [2.75, 3.05) is 18.4 Å². The van der Waals surface area contributed by atoms with Gasteiger partial charge in [-0.3, -0.25) is 9.59 Å². The predicted molar refractivity (Wildman–Crippen MR) is 84.6 cm³/mol. The van der Waals surface area contributed by atoms with E-state index in [1.54, 1.807) is 11.0 Å². The van der Waals surface area contributed by atoms with Crippen molar-refractivity contribution in [1.29, 1.82) is 0 Å². The molecule has 4 nitrogen and oxygen atoms in total. The number of benzene rings is 1. The molecular weight excluding hydrogens is 320 g/mol. The molecule has 5 heteroatoms. The minimum Gasteiger partial charge on any atom is -0.339 e. The molecule has 0 bridgehead atoms. The molecule has 1 N–H and O–H groups in total. The Balaban J connectivity index is 2.52. The summed E-state index contributed by atoms with van der Waals surface area (Å²) in [5.41, 5.74) is 1.85. The van der Waals surface area contributed by atoms with Gasteiger partial charge < -0.3 is 10.2 Å². The number of hydrogen-bond donors (Lipinski definition) is 1. The monoisotopic (exact) mass is 338 g/mol. The van der Waals surface area contributed by atoms with Crippen molar-refractivity contribution in [1.82, 2.24) is 4.90 Å². The van der Waals surface area contributed by atoms with Gasteiger partial charge in [0.05, 0.1) is 0 Å². The molecule has 0 fully saturated rings. The first-order valence-corrected chi connectivity index (χ1v) is 7.15. The first-order chi connectivity index (χ1) is 9.43. The van der Waals surface area contributed by atoms with E-state index in [-0.39, 0.29) is 18.2 Å². The molecule has 0 atom stereocenters. The zero-order chi connectivity index (χ0) is 15.1. The Morgan fingerprint density at radius 1 is 1.45 bits per heavy atom. The number of amides is 2. The van der Waals surface area contributed by atoms with E-state index in [0.717, 1.165) is 15.7 Å². The summed E-state index contributed by atoms with van der Waals surface area (Å²) in [7, 11) is 0. The molecule has 1 rings (SSSR count). The Labute approximate surface area is 128 Å². The third-order valence-corrected chi connectivity index (χ3v) is 3.71. The molecule has 108 valence electrons. The summed E-state index contributed by atoms with van der Waals surface area (Å²) in [6.45, 7) is 7.91. The minimum atomic E-state index is -0.115. The van der Waals surface area contributed by atoms with Gasteiger partial charge in [0.15, 0.2) is 0 Å². The maximum Gasteiger partial charge on any atom is 0.226 e. The molecule has 0 saturated heterocycles. The second-order valence-corrected chi connectivity index (χ2v) is 5.37. The van der Waals surface area contributed by atoms with E-state index >= 15 is 0 Å². The van der Waals surface area contributed by atoms with E-state index in [4.69, 9.17) is 0 Å². The Morgan fingerprint density at radius 3 is 2.70 bits per heavy atom. The molecule has 1 aromatic carbocycles. The Hall–Kier alpha value is -1.62. The van der Waals surface area contributed by atoms with Crippen LogP contribution < -0.4 is 5.32 Å². The summed E-state index contributed by atoms with van der Waals surface area (Å²) >= 11 is 3.42. The third kappa shape index (κ3) is 5.17. The lowest BCUT2D eigenvalue weighted by Gasteiger charge is -2.18. The normalized spacial score (nSPS) is 9.95. The van der Waals surface area contributed by atoms with Crippen LogP contribution in [0.1, 0.15) is 18.9 Å². The second kappa shape index (κ2) is 7.85. The van der Waals surface area contributed by atoms with Gasteiger partial charge in [-0.15, -0.1) is 6.58 Å². The number of rotatable bonds is 6. The Bertz CT molecular complexity index is 515. The smallest absolute Gasteiger partial charge is 0.226 e. The van der Waals surface area contributed by atoms with Crippen LogP contribution in [0.3, 0.4) is 0 Å². The first-order valence-electron chi connectivity index (χ1n) is 6.36. The minimum absolute atomic E-state index is 0.0595. The van der Waals surface area contributed by atoms with Gasteiger partial charge in [-0.25, -0.2) is 0 Å². The zero-order valence-corrected chi connectivity index (χ0v) is 13.4. The van der Waals surface area contributed by atoms with Crippen LogP contribution in [0.15, 0.2) is 35.3 Å². The van der Waals surface area contributed by atoms with E-state index in [1.165, 1.54) is 6.92 Å². The van der Waals surface area contributed by atoms with Crippen LogP contribution in [0.4, 0.5) is 5.69 Å². The lowest BCUT2D eigenvalue weighted by Crippen LogP contribution is -2.32. The van der Waals surface area contributed by atoms with Crippen molar-refractivity contribution < 1.29 is 9.59 Å². The fourth-order valence-corrected chi connectivity index (χ4v) is 2.04. The Kier molecular flexibility index (Phi) is 6.45. The molecule has 0 radical (unpaired) electrons. The highest BCUT2D eigenvalue weighted by Gasteiger charge is 2.10. The summed E-state index contributed by atoms with van der Waals surface area (Å²) in [6, 6.07) is 5.64. The molecule has 0 heterocycles. The largest absolute Gasteiger partial charge is 0.339 e. The SMILES string of the molecule is C=CCN(CCC(=O)Nc1ccc(C)c(Br)c1)C(C)=O. The van der Waals surface area contributed by atoms with Gasteiger partial charge in [0.1, 0.15) is 0 Å². The van der Waals surface area contributed by atoms with E-state index in [0.29, 0.717) is 13.1 Å². The van der Waals surface area contributed by atoms with E-state index in [2.05, 4.69) is 27.8 Å². The van der Waals surface area contributed by atoms with Crippen LogP contribution in [0.25, 0.3) is 0 Å². The van der Waals surface area contributed by atoms with Gasteiger partial charge in [0.25, 0.3) is 0 Å². The number of carbonyl (C=O) groups is 2. The summed E-state index contributed by atoms with van der Waals surface area (Å²) < 4.78 is 0.951. The maximum atomic E-state index is 11.8. The quantitative estimate of drug-likeness (QED) is 0.810. The van der Waals surface area contributed by atoms with Gasteiger partial charge in [-0.2, -0.15) is 0 Å². The van der Waals surface area contributed by atoms with Crippen molar-refractivity contribution in [2.45, 2.75) is 20.3 Å². The zero-order valence-electron chi connectivity index (χ0n) is 11.8. The van der Waals surface area contributed by atoms with E-state index < -0.39 is 0 Å². The molecular formula is C15H19BrN2O2. The van der Waals surface area contributed by atoms with Crippen LogP contribution in [-0.4, -0.2) is 29.8 Å². The van der Waals surface area contributed by atoms with Gasteiger partial charge in [0, 0.05) is 36.6 Å². The van der Waals surface area contributed by atoms with Crippen molar-refractivity contribution in [3.8, 4) is 0 Å². The number of nitrogens with zero attached hydrogens (tertiary/aromatic N) is 1. The second-order valence-electron chi connectivity index (χ2n) is 4.52. The molecule has 0 aliphatic carbocycles. The highest BCUT2D eigenvalue weighted by molar-refractivity contribution is 9.10. The lowest BCUT2D eigenvalue weighted by atomic mass is 10.2. The van der Waals surface area contributed by atoms with Crippen LogP contribution in [0.2, 0.25) is 0 Å². The summed E-state index contributed by atoms with van der Waals surface area (Å²) in [4.78, 5) is 24.8. The molecule has 2 amide bonds. The van der Waals surface area contributed by atoms with Crippen molar-refractivity contribution >= 4 is 33.4 Å². The summed E-state index contributed by atoms with van der Waals surface area (Å²) in [5.74, 6) is -0.174. The fraction of sp³-hybridized carbons (Fsp3) is 0.333. The van der Waals surface area contributed by atoms with Crippen molar-refractivity contribution in [2.24, 2.45) is 0 Å². The summed E-state index contributed by atoms with van der Waals surface area (Å²) in [5, 5.41) is 2.81. The number of halogens is 1. The highest BCUT2D eigenvalue weighted by Crippen LogP contribution is 2.20. The van der Waals surface area contributed by atoms with Crippen molar-refractivity contribution in [3.05, 3.63) is 40.9 Å². The molecule has 0 aliphatic rings.